The molecule has 1 aromatic heterocycles. The number of allylic oxidation sites excluding steroid dienone is 1. The number of nitrogens with zero attached hydrogens (tertiary/aromatic N) is 2. The molecule has 0 amide bonds. The summed E-state index contributed by atoms with van der Waals surface area (Å²) in [6.45, 7) is 9.68. The normalized spacial score (nSPS) is 12.0. The number of aromatic nitrogens is 2. The summed E-state index contributed by atoms with van der Waals surface area (Å²) >= 11 is 0. The zero-order valence-electron chi connectivity index (χ0n) is 13.5. The van der Waals surface area contributed by atoms with E-state index in [0.717, 1.165) is 38.4 Å². The van der Waals surface area contributed by atoms with Crippen molar-refractivity contribution >= 4 is 10.9 Å². The van der Waals surface area contributed by atoms with E-state index < -0.39 is 0 Å². The van der Waals surface area contributed by atoms with Crippen molar-refractivity contribution in [3.8, 4) is 0 Å². The van der Waals surface area contributed by atoms with Gasteiger partial charge in [-0.15, -0.1) is 0 Å². The lowest BCUT2D eigenvalue weighted by molar-refractivity contribution is 0.556. The van der Waals surface area contributed by atoms with Crippen LogP contribution in [0.25, 0.3) is 10.9 Å². The maximum Gasteiger partial charge on any atom is 0.0740 e. The highest BCUT2D eigenvalue weighted by atomic mass is 15.3. The van der Waals surface area contributed by atoms with Gasteiger partial charge >= 0.3 is 0 Å². The van der Waals surface area contributed by atoms with Crippen molar-refractivity contribution < 1.29 is 0 Å². The average molecular weight is 285 g/mol. The van der Waals surface area contributed by atoms with Gasteiger partial charge < -0.3 is 5.32 Å². The highest BCUT2D eigenvalue weighted by Crippen LogP contribution is 2.18. The molecule has 21 heavy (non-hydrogen) atoms. The molecule has 0 radical (unpaired) electrons. The van der Waals surface area contributed by atoms with Crippen molar-refractivity contribution in [2.24, 2.45) is 5.92 Å². The molecule has 2 aromatic rings. The fourth-order valence-corrected chi connectivity index (χ4v) is 2.48. The number of hydrogen-bond acceptors (Lipinski definition) is 2. The third kappa shape index (κ3) is 4.43. The van der Waals surface area contributed by atoms with E-state index in [2.05, 4.69) is 67.2 Å². The molecule has 0 unspecified atom stereocenters. The highest BCUT2D eigenvalue weighted by molar-refractivity contribution is 5.82. The number of para-hydroxylation sites is 1. The Morgan fingerprint density at radius 3 is 2.81 bits per heavy atom. The van der Waals surface area contributed by atoms with Crippen LogP contribution in [0.1, 0.15) is 32.9 Å². The number of rotatable bonds is 8. The summed E-state index contributed by atoms with van der Waals surface area (Å²) in [6.07, 6.45) is 6.50. The third-order valence-corrected chi connectivity index (χ3v) is 3.55. The van der Waals surface area contributed by atoms with Crippen LogP contribution in [-0.4, -0.2) is 22.9 Å². The van der Waals surface area contributed by atoms with Gasteiger partial charge in [0.1, 0.15) is 0 Å². The lowest BCUT2D eigenvalue weighted by Gasteiger charge is -2.04. The van der Waals surface area contributed by atoms with Crippen molar-refractivity contribution in [2.75, 3.05) is 13.1 Å². The Labute approximate surface area is 128 Å². The molecule has 114 valence electrons. The Bertz CT molecular complexity index is 581. The summed E-state index contributed by atoms with van der Waals surface area (Å²) in [6, 6.07) is 8.49. The van der Waals surface area contributed by atoms with E-state index in [-0.39, 0.29) is 0 Å². The molecule has 3 heteroatoms. The van der Waals surface area contributed by atoms with E-state index >= 15 is 0 Å². The number of benzene rings is 1. The number of fused-ring (bicyclic) bond motifs is 1. The standard InChI is InChI=1S/C18H27N3/c1-4-21-18-12-8-7-10-16(18)17(20-21)11-6-5-9-13-19-14-15(2)3/h5-8,10,12,15,19H,4,9,11,13-14H2,1-3H3. The lowest BCUT2D eigenvalue weighted by Crippen LogP contribution is -2.20. The lowest BCUT2D eigenvalue weighted by atomic mass is 10.1. The van der Waals surface area contributed by atoms with Gasteiger partial charge in [0.25, 0.3) is 0 Å². The first-order valence-corrected chi connectivity index (χ1v) is 8.02. The van der Waals surface area contributed by atoms with Crippen molar-refractivity contribution in [1.29, 1.82) is 0 Å². The monoisotopic (exact) mass is 285 g/mol. The van der Waals surface area contributed by atoms with Crippen LogP contribution in [0.2, 0.25) is 0 Å². The van der Waals surface area contributed by atoms with E-state index in [1.807, 2.05) is 0 Å². The number of hydrogen-bond donors (Lipinski definition) is 1. The van der Waals surface area contributed by atoms with Crippen LogP contribution in [0.3, 0.4) is 0 Å². The minimum atomic E-state index is 0.721. The van der Waals surface area contributed by atoms with Crippen molar-refractivity contribution in [1.82, 2.24) is 15.1 Å². The SMILES string of the molecule is CCn1nc(CC=CCCNCC(C)C)c2ccccc21. The molecule has 0 bridgehead atoms. The molecular formula is C18H27N3. The smallest absolute Gasteiger partial charge is 0.0740 e. The van der Waals surface area contributed by atoms with E-state index in [4.69, 9.17) is 5.10 Å². The maximum absolute atomic E-state index is 4.71. The molecular weight excluding hydrogens is 258 g/mol. The zero-order valence-corrected chi connectivity index (χ0v) is 13.5. The molecule has 0 atom stereocenters. The predicted octanol–water partition coefficient (Wildman–Crippen LogP) is 3.79. The first-order valence-electron chi connectivity index (χ1n) is 8.02. The van der Waals surface area contributed by atoms with Crippen LogP contribution in [0, 0.1) is 5.92 Å². The molecule has 0 aliphatic carbocycles. The van der Waals surface area contributed by atoms with Crippen LogP contribution in [0.4, 0.5) is 0 Å². The first-order chi connectivity index (χ1) is 10.2. The van der Waals surface area contributed by atoms with E-state index in [9.17, 15) is 0 Å². The van der Waals surface area contributed by atoms with Crippen LogP contribution >= 0.6 is 0 Å². The van der Waals surface area contributed by atoms with E-state index in [1.165, 1.54) is 16.6 Å². The highest BCUT2D eigenvalue weighted by Gasteiger charge is 2.06. The van der Waals surface area contributed by atoms with Crippen LogP contribution in [0.5, 0.6) is 0 Å². The van der Waals surface area contributed by atoms with Gasteiger partial charge in [-0.3, -0.25) is 4.68 Å². The minimum Gasteiger partial charge on any atom is -0.316 e. The molecule has 0 saturated heterocycles. The largest absolute Gasteiger partial charge is 0.316 e. The molecule has 0 spiro atoms. The second-order valence-corrected chi connectivity index (χ2v) is 5.84. The Kier molecular flexibility index (Phi) is 6.00. The second-order valence-electron chi connectivity index (χ2n) is 5.84. The van der Waals surface area contributed by atoms with Crippen LogP contribution in [-0.2, 0) is 13.0 Å². The Hall–Kier alpha value is -1.61. The van der Waals surface area contributed by atoms with Gasteiger partial charge in [0.05, 0.1) is 11.2 Å². The molecule has 3 nitrogen and oxygen atoms in total. The third-order valence-electron chi connectivity index (χ3n) is 3.55. The van der Waals surface area contributed by atoms with E-state index in [0.29, 0.717) is 0 Å². The minimum absolute atomic E-state index is 0.721. The Balaban J connectivity index is 1.89. The Morgan fingerprint density at radius 2 is 2.05 bits per heavy atom. The summed E-state index contributed by atoms with van der Waals surface area (Å²) in [5.74, 6) is 0.721. The van der Waals surface area contributed by atoms with Gasteiger partial charge in [0.15, 0.2) is 0 Å². The fourth-order valence-electron chi connectivity index (χ4n) is 2.48. The van der Waals surface area contributed by atoms with Gasteiger partial charge in [-0.25, -0.2) is 0 Å². The fraction of sp³-hybridized carbons (Fsp3) is 0.500. The Morgan fingerprint density at radius 1 is 1.24 bits per heavy atom. The second kappa shape index (κ2) is 7.99. The summed E-state index contributed by atoms with van der Waals surface area (Å²) in [7, 11) is 0. The number of aryl methyl sites for hydroxylation is 1. The molecule has 1 aromatic carbocycles. The van der Waals surface area contributed by atoms with Crippen molar-refractivity contribution in [3.05, 3.63) is 42.1 Å². The summed E-state index contributed by atoms with van der Waals surface area (Å²) in [5.41, 5.74) is 2.42. The van der Waals surface area contributed by atoms with Gasteiger partial charge in [-0.2, -0.15) is 5.10 Å². The quantitative estimate of drug-likeness (QED) is 0.591. The topological polar surface area (TPSA) is 29.9 Å². The van der Waals surface area contributed by atoms with Crippen LogP contribution in [0.15, 0.2) is 36.4 Å². The molecule has 1 heterocycles. The zero-order chi connectivity index (χ0) is 15.1. The van der Waals surface area contributed by atoms with Gasteiger partial charge in [0, 0.05) is 18.4 Å². The maximum atomic E-state index is 4.71. The van der Waals surface area contributed by atoms with Gasteiger partial charge in [-0.1, -0.05) is 44.2 Å². The summed E-state index contributed by atoms with van der Waals surface area (Å²) in [5, 5.41) is 9.45. The van der Waals surface area contributed by atoms with Crippen molar-refractivity contribution in [3.63, 3.8) is 0 Å². The number of nitrogens with one attached hydrogen (secondary N) is 1. The molecule has 2 rings (SSSR count). The molecule has 0 fully saturated rings. The first kappa shape index (κ1) is 15.8. The van der Waals surface area contributed by atoms with E-state index in [1.54, 1.807) is 0 Å². The summed E-state index contributed by atoms with van der Waals surface area (Å²) < 4.78 is 2.09. The molecule has 1 N–H and O–H groups in total. The van der Waals surface area contributed by atoms with Gasteiger partial charge in [-0.05, 0) is 38.4 Å². The summed E-state index contributed by atoms with van der Waals surface area (Å²) in [4.78, 5) is 0. The average Bonchev–Trinajstić information content (AvgIpc) is 2.84. The van der Waals surface area contributed by atoms with Crippen molar-refractivity contribution in [2.45, 2.75) is 40.2 Å². The van der Waals surface area contributed by atoms with Gasteiger partial charge in [0.2, 0.25) is 0 Å². The van der Waals surface area contributed by atoms with Crippen LogP contribution < -0.4 is 5.32 Å². The molecule has 0 aliphatic rings. The predicted molar refractivity (Wildman–Crippen MR) is 90.6 cm³/mol. The molecule has 0 aliphatic heterocycles. The molecule has 0 saturated carbocycles.